The molecule has 0 aromatic carbocycles. The molecule has 4 unspecified atom stereocenters. The minimum Gasteiger partial charge on any atom is -0.288 e. The van der Waals surface area contributed by atoms with Crippen LogP contribution in [0.3, 0.4) is 0 Å². The van der Waals surface area contributed by atoms with Crippen molar-refractivity contribution in [2.75, 3.05) is 0 Å². The van der Waals surface area contributed by atoms with Gasteiger partial charge in [-0.15, -0.1) is 0 Å². The van der Waals surface area contributed by atoms with Gasteiger partial charge in [0.1, 0.15) is 0 Å². The van der Waals surface area contributed by atoms with Crippen LogP contribution >= 0.6 is 0 Å². The van der Waals surface area contributed by atoms with Gasteiger partial charge in [-0.25, -0.2) is 0 Å². The molecule has 0 amide bonds. The van der Waals surface area contributed by atoms with Crippen LogP contribution in [-0.2, 0) is 0 Å². The molecular formula is C22H42N2. The van der Waals surface area contributed by atoms with E-state index in [1.54, 1.807) is 0 Å². The molecular weight excluding hydrogens is 292 g/mol. The van der Waals surface area contributed by atoms with Gasteiger partial charge in [-0.2, -0.15) is 0 Å². The van der Waals surface area contributed by atoms with Crippen molar-refractivity contribution in [3.05, 3.63) is 0 Å². The molecule has 0 bridgehead atoms. The topological polar surface area (TPSA) is 24.7 Å². The minimum absolute atomic E-state index is 0.301. The number of hydrogen-bond donors (Lipinski definition) is 0. The average molecular weight is 335 g/mol. The van der Waals surface area contributed by atoms with Crippen LogP contribution in [0.25, 0.3) is 0 Å². The summed E-state index contributed by atoms with van der Waals surface area (Å²) in [5, 5.41) is 0. The Kier molecular flexibility index (Phi) is 8.15. The summed E-state index contributed by atoms with van der Waals surface area (Å²) in [6.45, 7) is 18.6. The molecule has 0 spiro atoms. The predicted molar refractivity (Wildman–Crippen MR) is 110 cm³/mol. The normalized spacial score (nSPS) is 26.2. The molecule has 140 valence electrons. The van der Waals surface area contributed by atoms with Crippen molar-refractivity contribution in [3.8, 4) is 0 Å². The lowest BCUT2D eigenvalue weighted by Gasteiger charge is -2.38. The van der Waals surface area contributed by atoms with E-state index in [0.717, 1.165) is 6.42 Å². The first-order chi connectivity index (χ1) is 11.1. The highest BCUT2D eigenvalue weighted by Crippen LogP contribution is 2.39. The lowest BCUT2D eigenvalue weighted by Crippen LogP contribution is -2.34. The predicted octanol–water partition coefficient (Wildman–Crippen LogP) is 6.58. The largest absolute Gasteiger partial charge is 0.288 e. The highest BCUT2D eigenvalue weighted by atomic mass is 14.8. The summed E-state index contributed by atoms with van der Waals surface area (Å²) >= 11 is 0. The van der Waals surface area contributed by atoms with Gasteiger partial charge >= 0.3 is 0 Å². The number of aliphatic imine (C=N–C) groups is 2. The van der Waals surface area contributed by atoms with Crippen molar-refractivity contribution in [2.45, 2.75) is 106 Å². The van der Waals surface area contributed by atoms with Gasteiger partial charge < -0.3 is 0 Å². The molecule has 0 saturated heterocycles. The Labute approximate surface area is 151 Å². The van der Waals surface area contributed by atoms with Crippen molar-refractivity contribution in [3.63, 3.8) is 0 Å². The molecule has 4 atom stereocenters. The molecule has 0 radical (unpaired) electrons. The fraction of sp³-hybridized carbons (Fsp3) is 0.909. The molecule has 24 heavy (non-hydrogen) atoms. The van der Waals surface area contributed by atoms with Gasteiger partial charge in [0, 0.05) is 12.4 Å². The van der Waals surface area contributed by atoms with E-state index in [0.29, 0.717) is 34.7 Å². The molecule has 2 heteroatoms. The van der Waals surface area contributed by atoms with Crippen LogP contribution in [-0.4, -0.2) is 24.5 Å². The summed E-state index contributed by atoms with van der Waals surface area (Å²) in [6, 6.07) is 0.890. The molecule has 1 rings (SSSR count). The highest BCUT2D eigenvalue weighted by molar-refractivity contribution is 6.16. The second kappa shape index (κ2) is 9.15. The number of rotatable bonds is 6. The van der Waals surface area contributed by atoms with E-state index in [4.69, 9.17) is 9.98 Å². The molecule has 2 nitrogen and oxygen atoms in total. The van der Waals surface area contributed by atoms with Crippen LogP contribution in [0.15, 0.2) is 9.98 Å². The van der Waals surface area contributed by atoms with Crippen molar-refractivity contribution < 1.29 is 0 Å². The fourth-order valence-electron chi connectivity index (χ4n) is 3.92. The molecule has 1 fully saturated rings. The zero-order valence-corrected chi connectivity index (χ0v) is 17.6. The van der Waals surface area contributed by atoms with Gasteiger partial charge in [0.05, 0.1) is 12.1 Å². The van der Waals surface area contributed by atoms with Crippen LogP contribution in [0.4, 0.5) is 0 Å². The van der Waals surface area contributed by atoms with Crippen molar-refractivity contribution in [2.24, 2.45) is 32.7 Å². The molecule has 0 aliphatic heterocycles. The van der Waals surface area contributed by atoms with Crippen molar-refractivity contribution in [1.29, 1.82) is 0 Å². The van der Waals surface area contributed by atoms with E-state index in [9.17, 15) is 0 Å². The summed E-state index contributed by atoms with van der Waals surface area (Å²) in [7, 11) is 0. The first-order valence-corrected chi connectivity index (χ1v) is 10.1. The lowest BCUT2D eigenvalue weighted by atomic mass is 9.70. The molecule has 0 N–H and O–H groups in total. The summed E-state index contributed by atoms with van der Waals surface area (Å²) in [6.07, 6.45) is 11.6. The van der Waals surface area contributed by atoms with Crippen LogP contribution in [0.2, 0.25) is 0 Å². The van der Waals surface area contributed by atoms with Crippen LogP contribution in [0.5, 0.6) is 0 Å². The summed E-state index contributed by atoms with van der Waals surface area (Å²) in [4.78, 5) is 9.79. The second-order valence-electron chi connectivity index (χ2n) is 9.93. The summed E-state index contributed by atoms with van der Waals surface area (Å²) in [5.41, 5.74) is 0.653. The quantitative estimate of drug-likeness (QED) is 0.490. The Balaban J connectivity index is 2.72. The number of nitrogens with zero attached hydrogens (tertiary/aromatic N) is 2. The smallest absolute Gasteiger partial charge is 0.0533 e. The van der Waals surface area contributed by atoms with Crippen LogP contribution in [0.1, 0.15) is 93.9 Å². The van der Waals surface area contributed by atoms with Gasteiger partial charge in [0.2, 0.25) is 0 Å². The van der Waals surface area contributed by atoms with E-state index >= 15 is 0 Å². The first kappa shape index (κ1) is 21.4. The molecule has 1 aliphatic carbocycles. The maximum absolute atomic E-state index is 4.91. The zero-order chi connectivity index (χ0) is 18.4. The van der Waals surface area contributed by atoms with Crippen molar-refractivity contribution >= 4 is 12.4 Å². The van der Waals surface area contributed by atoms with E-state index < -0.39 is 0 Å². The molecule has 1 saturated carbocycles. The van der Waals surface area contributed by atoms with Gasteiger partial charge in [-0.05, 0) is 41.9 Å². The Bertz CT molecular complexity index is 397. The Morgan fingerprint density at radius 3 is 2.17 bits per heavy atom. The molecule has 1 aliphatic rings. The minimum atomic E-state index is 0.301. The second-order valence-corrected chi connectivity index (χ2v) is 9.93. The third-order valence-corrected chi connectivity index (χ3v) is 5.99. The maximum Gasteiger partial charge on any atom is 0.0533 e. The Hall–Kier alpha value is -0.660. The SMILES string of the molecule is CCCC(N=CC=NC1CCCCC1C(C)(C)C)C(C)C(C)(C)C. The highest BCUT2D eigenvalue weighted by Gasteiger charge is 2.33. The fourth-order valence-corrected chi connectivity index (χ4v) is 3.92. The third-order valence-electron chi connectivity index (χ3n) is 5.99. The molecule has 0 aromatic rings. The molecule has 0 aromatic heterocycles. The van der Waals surface area contributed by atoms with Crippen LogP contribution < -0.4 is 0 Å². The first-order valence-electron chi connectivity index (χ1n) is 10.1. The lowest BCUT2D eigenvalue weighted by molar-refractivity contribution is 0.155. The van der Waals surface area contributed by atoms with Gasteiger partial charge in [0.25, 0.3) is 0 Å². The van der Waals surface area contributed by atoms with Gasteiger partial charge in [-0.1, -0.05) is 74.7 Å². The zero-order valence-electron chi connectivity index (χ0n) is 17.6. The van der Waals surface area contributed by atoms with E-state index in [2.05, 4.69) is 55.4 Å². The van der Waals surface area contributed by atoms with E-state index in [-0.39, 0.29) is 0 Å². The van der Waals surface area contributed by atoms with E-state index in [1.807, 2.05) is 12.4 Å². The average Bonchev–Trinajstić information content (AvgIpc) is 2.48. The number of hydrogen-bond acceptors (Lipinski definition) is 2. The Morgan fingerprint density at radius 1 is 1.00 bits per heavy atom. The van der Waals surface area contributed by atoms with Gasteiger partial charge in [0.15, 0.2) is 0 Å². The monoisotopic (exact) mass is 334 g/mol. The van der Waals surface area contributed by atoms with Crippen LogP contribution in [0, 0.1) is 22.7 Å². The summed E-state index contributed by atoms with van der Waals surface area (Å²) in [5.74, 6) is 1.29. The van der Waals surface area contributed by atoms with Crippen molar-refractivity contribution in [1.82, 2.24) is 0 Å². The summed E-state index contributed by atoms with van der Waals surface area (Å²) < 4.78 is 0. The van der Waals surface area contributed by atoms with E-state index in [1.165, 1.54) is 32.1 Å². The standard InChI is InChI=1S/C22H42N2/c1-9-12-19(17(2)21(3,4)5)23-15-16-24-20-14-11-10-13-18(20)22(6,7)8/h15-20H,9-14H2,1-8H3. The molecule has 0 heterocycles. The third kappa shape index (κ3) is 6.69. The van der Waals surface area contributed by atoms with Gasteiger partial charge in [-0.3, -0.25) is 9.98 Å². The Morgan fingerprint density at radius 2 is 1.62 bits per heavy atom. The maximum atomic E-state index is 4.91.